The van der Waals surface area contributed by atoms with E-state index in [2.05, 4.69) is 9.97 Å². The summed E-state index contributed by atoms with van der Waals surface area (Å²) in [5, 5.41) is 19.9. The van der Waals surface area contributed by atoms with Crippen LogP contribution in [0.4, 0.5) is 0 Å². The molecule has 151 valence electrons. The monoisotopic (exact) mass is 431 g/mol. The van der Waals surface area contributed by atoms with Crippen molar-refractivity contribution in [3.63, 3.8) is 0 Å². The molecule has 0 spiro atoms. The van der Waals surface area contributed by atoms with Crippen molar-refractivity contribution >= 4 is 24.1 Å². The van der Waals surface area contributed by atoms with Gasteiger partial charge in [0.15, 0.2) is 0 Å². The first kappa shape index (κ1) is 35.2. The van der Waals surface area contributed by atoms with E-state index >= 15 is 0 Å². The average Bonchev–Trinajstić information content (AvgIpc) is 2.53. The predicted octanol–water partition coefficient (Wildman–Crippen LogP) is -4.00. The zero-order valence-electron chi connectivity index (χ0n) is 14.1. The summed E-state index contributed by atoms with van der Waals surface area (Å²) in [5.41, 5.74) is 1.49. The van der Waals surface area contributed by atoms with Crippen molar-refractivity contribution in [3.8, 4) is 0 Å². The third-order valence-electron chi connectivity index (χ3n) is 2.19. The van der Waals surface area contributed by atoms with E-state index < -0.39 is 11.9 Å². The first-order chi connectivity index (χ1) is 10.6. The second kappa shape index (κ2) is 21.1. The van der Waals surface area contributed by atoms with Gasteiger partial charge in [-0.25, -0.2) is 0 Å². The van der Waals surface area contributed by atoms with Gasteiger partial charge in [-0.3, -0.25) is 9.97 Å². The van der Waals surface area contributed by atoms with Crippen LogP contribution in [0, 0.1) is 0 Å². The van der Waals surface area contributed by atoms with Crippen LogP contribution in [0.2, 0.25) is 0 Å². The topological polar surface area (TPSA) is 238 Å². The molecule has 0 saturated heterocycles. The fourth-order valence-corrected chi connectivity index (χ4v) is 1.28. The van der Waals surface area contributed by atoms with Crippen LogP contribution in [-0.2, 0) is 48.3 Å². The van der Waals surface area contributed by atoms with Gasteiger partial charge in [-0.1, -0.05) is 24.3 Å². The molecule has 2 aromatic heterocycles. The van der Waals surface area contributed by atoms with Crippen molar-refractivity contribution in [2.24, 2.45) is 0 Å². The quantitative estimate of drug-likeness (QED) is 0.345. The number of aliphatic carboxylic acids is 2. The SMILES string of the molecule is O=C([O-])/C=C/c1cccnc1.O=C([O-])/C=C/c1cccnc1.[Co+2].[OH3+].[OH3+].[OH3+].[OH3+]. The van der Waals surface area contributed by atoms with E-state index in [0.29, 0.717) is 0 Å². The van der Waals surface area contributed by atoms with E-state index in [1.807, 2.05) is 0 Å². The Morgan fingerprint density at radius 1 is 0.741 bits per heavy atom. The van der Waals surface area contributed by atoms with Crippen LogP contribution in [0.5, 0.6) is 0 Å². The molecule has 10 nitrogen and oxygen atoms in total. The van der Waals surface area contributed by atoms with Crippen molar-refractivity contribution in [1.29, 1.82) is 0 Å². The van der Waals surface area contributed by atoms with Crippen molar-refractivity contribution in [2.45, 2.75) is 0 Å². The van der Waals surface area contributed by atoms with E-state index in [1.54, 1.807) is 49.1 Å². The summed E-state index contributed by atoms with van der Waals surface area (Å²) < 4.78 is 0. The van der Waals surface area contributed by atoms with Crippen molar-refractivity contribution < 1.29 is 58.5 Å². The van der Waals surface area contributed by atoms with Crippen LogP contribution >= 0.6 is 0 Å². The molecular weight excluding hydrogens is 407 g/mol. The minimum Gasteiger partial charge on any atom is -0.545 e. The van der Waals surface area contributed by atoms with Crippen molar-refractivity contribution in [3.05, 3.63) is 72.3 Å². The number of carboxylic acid groups (broad SMARTS) is 2. The van der Waals surface area contributed by atoms with Gasteiger partial charge in [0.25, 0.3) is 0 Å². The summed E-state index contributed by atoms with van der Waals surface area (Å²) in [5.74, 6) is -2.40. The summed E-state index contributed by atoms with van der Waals surface area (Å²) in [6.45, 7) is 0. The van der Waals surface area contributed by atoms with E-state index in [-0.39, 0.29) is 38.7 Å². The average molecular weight is 431 g/mol. The number of carboxylic acids is 2. The Hall–Kier alpha value is -2.93. The normalized spacial score (nSPS) is 8.30. The zero-order valence-corrected chi connectivity index (χ0v) is 15.1. The van der Waals surface area contributed by atoms with Gasteiger partial charge in [0.05, 0.1) is 11.9 Å². The fourth-order valence-electron chi connectivity index (χ4n) is 1.28. The first-order valence-corrected chi connectivity index (χ1v) is 6.16. The number of hydrogen-bond donors (Lipinski definition) is 0. The Kier molecular flexibility index (Phi) is 27.5. The van der Waals surface area contributed by atoms with Gasteiger partial charge in [-0.15, -0.1) is 0 Å². The number of nitrogens with zero attached hydrogens (tertiary/aromatic N) is 2. The van der Waals surface area contributed by atoms with Gasteiger partial charge in [0, 0.05) is 24.8 Å². The number of rotatable bonds is 4. The maximum absolute atomic E-state index is 9.95. The zero-order chi connectivity index (χ0) is 16.2. The Morgan fingerprint density at radius 2 is 1.07 bits per heavy atom. The van der Waals surface area contributed by atoms with Crippen LogP contribution in [0.25, 0.3) is 12.2 Å². The van der Waals surface area contributed by atoms with Gasteiger partial charge in [0.1, 0.15) is 0 Å². The molecule has 0 fully saturated rings. The number of hydrogen-bond acceptors (Lipinski definition) is 6. The molecule has 12 N–H and O–H groups in total. The largest absolute Gasteiger partial charge is 2.00 e. The molecule has 0 aliphatic heterocycles. The van der Waals surface area contributed by atoms with Crippen LogP contribution in [0.1, 0.15) is 11.1 Å². The number of aromatic nitrogens is 2. The fraction of sp³-hybridized carbons (Fsp3) is 0. The Bertz CT molecular complexity index is 607. The molecule has 27 heavy (non-hydrogen) atoms. The third-order valence-corrected chi connectivity index (χ3v) is 2.19. The number of carbonyl (C=O) groups is 2. The van der Waals surface area contributed by atoms with Gasteiger partial charge in [0.2, 0.25) is 0 Å². The molecule has 11 heteroatoms. The maximum Gasteiger partial charge on any atom is 2.00 e. The van der Waals surface area contributed by atoms with Gasteiger partial charge in [-0.05, 0) is 35.4 Å². The molecule has 2 heterocycles. The minimum atomic E-state index is -1.20. The molecule has 1 radical (unpaired) electrons. The van der Waals surface area contributed by atoms with E-state index in [9.17, 15) is 19.8 Å². The first-order valence-electron chi connectivity index (χ1n) is 6.16. The smallest absolute Gasteiger partial charge is 0.545 e. The van der Waals surface area contributed by atoms with Crippen molar-refractivity contribution in [1.82, 2.24) is 9.97 Å². The van der Waals surface area contributed by atoms with E-state index in [4.69, 9.17) is 0 Å². The van der Waals surface area contributed by atoms with Crippen LogP contribution < -0.4 is 10.2 Å². The molecule has 2 aromatic rings. The molecule has 0 unspecified atom stereocenters. The van der Waals surface area contributed by atoms with Gasteiger partial charge < -0.3 is 41.7 Å². The summed E-state index contributed by atoms with van der Waals surface area (Å²) in [4.78, 5) is 27.5. The summed E-state index contributed by atoms with van der Waals surface area (Å²) in [6.07, 6.45) is 11.2. The third kappa shape index (κ3) is 19.2. The Balaban J connectivity index is -0.000000101. The van der Waals surface area contributed by atoms with Crippen LogP contribution in [0.3, 0.4) is 0 Å². The van der Waals surface area contributed by atoms with Crippen LogP contribution in [0.15, 0.2) is 61.2 Å². The molecular formula is C16H24CoN2O8+4. The van der Waals surface area contributed by atoms with E-state index in [0.717, 1.165) is 23.3 Å². The number of carbonyl (C=O) groups excluding carboxylic acids is 2. The maximum atomic E-state index is 9.95. The Labute approximate surface area is 165 Å². The minimum absolute atomic E-state index is 0. The summed E-state index contributed by atoms with van der Waals surface area (Å²) in [7, 11) is 0. The molecule has 2 rings (SSSR count). The van der Waals surface area contributed by atoms with Crippen LogP contribution in [-0.4, -0.2) is 21.9 Å². The molecule has 0 atom stereocenters. The molecule has 0 aliphatic rings. The molecule has 0 aromatic carbocycles. The predicted molar refractivity (Wildman–Crippen MR) is 96.0 cm³/mol. The van der Waals surface area contributed by atoms with Crippen molar-refractivity contribution in [2.75, 3.05) is 0 Å². The Morgan fingerprint density at radius 3 is 1.30 bits per heavy atom. The van der Waals surface area contributed by atoms with E-state index in [1.165, 1.54) is 12.2 Å². The standard InChI is InChI=1S/2C8H7NO2.Co.4H2O/c2*10-8(11)4-3-7-2-1-5-9-6-7;;;;;/h2*1-6H,(H,10,11);;4*1H2/q;;+2;;;;/p+2/b2*4-3+;;;;;. The van der Waals surface area contributed by atoms with Gasteiger partial charge in [-0.2, -0.15) is 0 Å². The second-order valence-corrected chi connectivity index (χ2v) is 3.88. The molecule has 0 bridgehead atoms. The molecule has 0 amide bonds. The summed E-state index contributed by atoms with van der Waals surface area (Å²) >= 11 is 0. The molecule has 0 saturated carbocycles. The summed E-state index contributed by atoms with van der Waals surface area (Å²) in [6, 6.07) is 6.97. The second-order valence-electron chi connectivity index (χ2n) is 3.88. The van der Waals surface area contributed by atoms with Gasteiger partial charge >= 0.3 is 16.8 Å². The number of pyridine rings is 2. The molecule has 0 aliphatic carbocycles.